The minimum Gasteiger partial charge on any atom is -0.397 e. The Kier molecular flexibility index (Phi) is 3.55. The second kappa shape index (κ2) is 4.39. The molecule has 0 amide bonds. The molecule has 0 fully saturated rings. The van der Waals surface area contributed by atoms with Gasteiger partial charge in [-0.05, 0) is 29.5 Å². The van der Waals surface area contributed by atoms with E-state index < -0.39 is 22.7 Å². The van der Waals surface area contributed by atoms with Gasteiger partial charge >= 0.3 is 12.0 Å². The van der Waals surface area contributed by atoms with Crippen molar-refractivity contribution < 1.29 is 22.8 Å². The van der Waals surface area contributed by atoms with Crippen molar-refractivity contribution in [2.75, 3.05) is 0 Å². The highest BCUT2D eigenvalue weighted by Crippen LogP contribution is 2.35. The molecule has 9 heteroatoms. The summed E-state index contributed by atoms with van der Waals surface area (Å²) in [7, 11) is 0. The number of aryl methyl sites for hydroxylation is 1. The Morgan fingerprint density at radius 2 is 2.12 bits per heavy atom. The van der Waals surface area contributed by atoms with Crippen LogP contribution in [0.1, 0.15) is 5.69 Å². The van der Waals surface area contributed by atoms with Crippen molar-refractivity contribution in [2.45, 2.75) is 13.3 Å². The van der Waals surface area contributed by atoms with Crippen molar-refractivity contribution >= 4 is 28.3 Å². The highest BCUT2D eigenvalue weighted by atomic mass is 127. The average molecular weight is 348 g/mol. The molecule has 1 aromatic heterocycles. The molecule has 0 aromatic carbocycles. The number of hydrogen-bond donors (Lipinski definition) is 0. The number of hydrogen-bond acceptors (Lipinski definition) is 4. The average Bonchev–Trinajstić information content (AvgIpc) is 2.08. The molecule has 1 rings (SSSR count). The van der Waals surface area contributed by atoms with Crippen LogP contribution < -0.4 is 4.74 Å². The van der Waals surface area contributed by atoms with Gasteiger partial charge in [-0.25, -0.2) is 0 Å². The Morgan fingerprint density at radius 3 is 2.56 bits per heavy atom. The predicted molar refractivity (Wildman–Crippen MR) is 55.0 cm³/mol. The monoisotopic (exact) mass is 348 g/mol. The molecule has 0 bridgehead atoms. The number of halogens is 4. The van der Waals surface area contributed by atoms with Crippen LogP contribution in [0.4, 0.5) is 18.9 Å². The quantitative estimate of drug-likeness (QED) is 0.468. The van der Waals surface area contributed by atoms with Gasteiger partial charge in [-0.3, -0.25) is 15.1 Å². The van der Waals surface area contributed by atoms with Gasteiger partial charge in [0, 0.05) is 0 Å². The summed E-state index contributed by atoms with van der Waals surface area (Å²) >= 11 is 1.55. The number of rotatable bonds is 2. The summed E-state index contributed by atoms with van der Waals surface area (Å²) in [4.78, 5) is 13.2. The van der Waals surface area contributed by atoms with Crippen LogP contribution in [0.3, 0.4) is 0 Å². The molecule has 0 saturated carbocycles. The van der Waals surface area contributed by atoms with Gasteiger partial charge in [0.2, 0.25) is 5.75 Å². The summed E-state index contributed by atoms with van der Waals surface area (Å²) in [5.74, 6) is -0.910. The maximum atomic E-state index is 11.9. The van der Waals surface area contributed by atoms with Gasteiger partial charge in [-0.2, -0.15) is 0 Å². The van der Waals surface area contributed by atoms with E-state index >= 15 is 0 Å². The smallest absolute Gasteiger partial charge is 0.397 e. The van der Waals surface area contributed by atoms with Gasteiger partial charge in [-0.1, -0.05) is 0 Å². The lowest BCUT2D eigenvalue weighted by atomic mass is 10.3. The SMILES string of the molecule is Cc1ncc(OC(F)(F)F)c([N+](=O)[O-])c1I. The Morgan fingerprint density at radius 1 is 1.56 bits per heavy atom. The lowest BCUT2D eigenvalue weighted by Crippen LogP contribution is -2.18. The molecule has 0 spiro atoms. The van der Waals surface area contributed by atoms with E-state index in [1.54, 1.807) is 22.6 Å². The molecule has 88 valence electrons. The third-order valence-corrected chi connectivity index (χ3v) is 2.83. The number of ether oxygens (including phenoxy) is 1. The first kappa shape index (κ1) is 12.9. The first-order chi connectivity index (χ1) is 7.22. The third kappa shape index (κ3) is 2.93. The molecular weight excluding hydrogens is 344 g/mol. The second-order valence-electron chi connectivity index (χ2n) is 2.68. The maximum Gasteiger partial charge on any atom is 0.573 e. The van der Waals surface area contributed by atoms with Crippen LogP contribution >= 0.6 is 22.6 Å². The number of aromatic nitrogens is 1. The van der Waals surface area contributed by atoms with Crippen molar-refractivity contribution in [2.24, 2.45) is 0 Å². The van der Waals surface area contributed by atoms with Crippen molar-refractivity contribution in [3.8, 4) is 5.75 Å². The van der Waals surface area contributed by atoms with Crippen LogP contribution in [-0.2, 0) is 0 Å². The molecule has 1 heterocycles. The fourth-order valence-electron chi connectivity index (χ4n) is 0.922. The van der Waals surface area contributed by atoms with E-state index in [9.17, 15) is 23.3 Å². The van der Waals surface area contributed by atoms with Crippen LogP contribution in [-0.4, -0.2) is 16.3 Å². The summed E-state index contributed by atoms with van der Waals surface area (Å²) in [6.07, 6.45) is -4.30. The minimum atomic E-state index is -4.98. The zero-order valence-corrected chi connectivity index (χ0v) is 9.87. The first-order valence-electron chi connectivity index (χ1n) is 3.77. The summed E-state index contributed by atoms with van der Waals surface area (Å²) < 4.78 is 39.4. The number of alkyl halides is 3. The van der Waals surface area contributed by atoms with Crippen molar-refractivity contribution in [1.82, 2.24) is 4.98 Å². The molecule has 0 atom stereocenters. The van der Waals surface area contributed by atoms with E-state index in [1.165, 1.54) is 6.92 Å². The second-order valence-corrected chi connectivity index (χ2v) is 3.75. The fourth-order valence-corrected chi connectivity index (χ4v) is 1.52. The molecule has 0 aliphatic rings. The van der Waals surface area contributed by atoms with Crippen molar-refractivity contribution in [1.29, 1.82) is 0 Å². The first-order valence-corrected chi connectivity index (χ1v) is 4.85. The third-order valence-electron chi connectivity index (χ3n) is 1.54. The van der Waals surface area contributed by atoms with Gasteiger partial charge in [-0.15, -0.1) is 13.2 Å². The van der Waals surface area contributed by atoms with Crippen molar-refractivity contribution in [3.05, 3.63) is 25.6 Å². The maximum absolute atomic E-state index is 11.9. The molecule has 16 heavy (non-hydrogen) atoms. The van der Waals surface area contributed by atoms with Gasteiger partial charge in [0.05, 0.1) is 16.8 Å². The Hall–Kier alpha value is -1.13. The van der Waals surface area contributed by atoms with Gasteiger partial charge in [0.25, 0.3) is 0 Å². The Labute approximate surface area is 101 Å². The molecule has 0 aliphatic carbocycles. The minimum absolute atomic E-state index is 0.0179. The van der Waals surface area contributed by atoms with Crippen LogP contribution in [0.25, 0.3) is 0 Å². The van der Waals surface area contributed by atoms with Crippen LogP contribution in [0, 0.1) is 20.6 Å². The van der Waals surface area contributed by atoms with Crippen LogP contribution in [0.5, 0.6) is 5.75 Å². The number of nitro groups is 1. The van der Waals surface area contributed by atoms with Crippen LogP contribution in [0.15, 0.2) is 6.20 Å². The number of nitrogens with zero attached hydrogens (tertiary/aromatic N) is 2. The molecule has 0 aliphatic heterocycles. The largest absolute Gasteiger partial charge is 0.573 e. The predicted octanol–water partition coefficient (Wildman–Crippen LogP) is 2.80. The standard InChI is InChI=1S/C7H4F3IN2O3/c1-3-5(11)6(13(14)15)4(2-12-3)16-7(8,9)10/h2H,1H3. The van der Waals surface area contributed by atoms with E-state index in [1.807, 2.05) is 0 Å². The molecule has 0 saturated heterocycles. The summed E-state index contributed by atoms with van der Waals surface area (Å²) in [6, 6.07) is 0. The molecule has 0 N–H and O–H groups in total. The molecule has 0 radical (unpaired) electrons. The van der Waals surface area contributed by atoms with Gasteiger partial charge in [0.15, 0.2) is 0 Å². The highest BCUT2D eigenvalue weighted by Gasteiger charge is 2.36. The van der Waals surface area contributed by atoms with E-state index in [0.717, 1.165) is 0 Å². The highest BCUT2D eigenvalue weighted by molar-refractivity contribution is 14.1. The van der Waals surface area contributed by atoms with E-state index in [0.29, 0.717) is 6.20 Å². The van der Waals surface area contributed by atoms with Crippen molar-refractivity contribution in [3.63, 3.8) is 0 Å². The topological polar surface area (TPSA) is 65.3 Å². The molecule has 5 nitrogen and oxygen atoms in total. The van der Waals surface area contributed by atoms with E-state index in [2.05, 4.69) is 9.72 Å². The van der Waals surface area contributed by atoms with E-state index in [-0.39, 0.29) is 9.26 Å². The number of pyridine rings is 1. The Bertz CT molecular complexity index is 436. The summed E-state index contributed by atoms with van der Waals surface area (Å²) in [5.41, 5.74) is -0.466. The summed E-state index contributed by atoms with van der Waals surface area (Å²) in [5, 5.41) is 10.6. The zero-order valence-electron chi connectivity index (χ0n) is 7.71. The van der Waals surface area contributed by atoms with Gasteiger partial charge < -0.3 is 4.74 Å². The normalized spacial score (nSPS) is 11.3. The summed E-state index contributed by atoms with van der Waals surface area (Å²) in [6.45, 7) is 1.45. The van der Waals surface area contributed by atoms with Gasteiger partial charge in [0.1, 0.15) is 3.57 Å². The fraction of sp³-hybridized carbons (Fsp3) is 0.286. The molecular formula is C7H4F3IN2O3. The molecule has 0 unspecified atom stereocenters. The van der Waals surface area contributed by atoms with Crippen LogP contribution in [0.2, 0.25) is 0 Å². The Balaban J connectivity index is 3.29. The molecule has 1 aromatic rings. The lowest BCUT2D eigenvalue weighted by molar-refractivity contribution is -0.389. The van der Waals surface area contributed by atoms with E-state index in [4.69, 9.17) is 0 Å². The zero-order chi connectivity index (χ0) is 12.5. The lowest BCUT2D eigenvalue weighted by Gasteiger charge is -2.09.